The van der Waals surface area contributed by atoms with Crippen LogP contribution in [-0.2, 0) is 31.4 Å². The molecule has 2 aliphatic rings. The second-order valence-corrected chi connectivity index (χ2v) is 11.5. The van der Waals surface area contributed by atoms with Crippen molar-refractivity contribution in [2.45, 2.75) is 54.5 Å². The van der Waals surface area contributed by atoms with E-state index in [1.165, 1.54) is 63.2 Å². The van der Waals surface area contributed by atoms with Crippen LogP contribution in [0.5, 0.6) is 0 Å². The molecule has 2 fully saturated rings. The van der Waals surface area contributed by atoms with E-state index in [0.717, 1.165) is 13.1 Å². The van der Waals surface area contributed by atoms with Crippen LogP contribution in [0, 0.1) is 0 Å². The lowest BCUT2D eigenvalue weighted by Gasteiger charge is -2.40. The first-order valence-electron chi connectivity index (χ1n) is 10.3. The van der Waals surface area contributed by atoms with Crippen molar-refractivity contribution in [1.29, 1.82) is 0 Å². The molecule has 170 valence electrons. The number of amides is 1. The number of rotatable bonds is 7. The number of carbonyl (C=O) groups excluding carboxylic acids is 1. The summed E-state index contributed by atoms with van der Waals surface area (Å²) in [5, 5.41) is 0. The second kappa shape index (κ2) is 9.35. The lowest BCUT2D eigenvalue weighted by Crippen LogP contribution is -2.52. The van der Waals surface area contributed by atoms with Crippen LogP contribution < -0.4 is 9.44 Å². The van der Waals surface area contributed by atoms with E-state index < -0.39 is 20.0 Å². The fourth-order valence-electron chi connectivity index (χ4n) is 4.22. The molecule has 0 unspecified atom stereocenters. The average Bonchev–Trinajstić information content (AvgIpc) is 3.20. The van der Waals surface area contributed by atoms with Crippen molar-refractivity contribution >= 4 is 26.0 Å². The third kappa shape index (κ3) is 5.05. The lowest BCUT2D eigenvalue weighted by atomic mass is 9.94. The van der Waals surface area contributed by atoms with Gasteiger partial charge in [-0.25, -0.2) is 26.3 Å². The molecular formula is C18H31N5O5S2. The van der Waals surface area contributed by atoms with Gasteiger partial charge in [-0.15, -0.1) is 0 Å². The van der Waals surface area contributed by atoms with Crippen molar-refractivity contribution < 1.29 is 21.6 Å². The quantitative estimate of drug-likeness (QED) is 0.579. The number of sulfonamides is 2. The van der Waals surface area contributed by atoms with Gasteiger partial charge in [0, 0.05) is 44.6 Å². The lowest BCUT2D eigenvalue weighted by molar-refractivity contribution is -0.134. The molecule has 30 heavy (non-hydrogen) atoms. The molecule has 2 heterocycles. The summed E-state index contributed by atoms with van der Waals surface area (Å²) in [5.41, 5.74) is 0. The molecule has 1 saturated heterocycles. The monoisotopic (exact) mass is 461 g/mol. The molecule has 0 spiro atoms. The Morgan fingerprint density at radius 2 is 1.40 bits per heavy atom. The van der Waals surface area contributed by atoms with E-state index in [0.29, 0.717) is 19.1 Å². The molecule has 0 atom stereocenters. The molecule has 0 bridgehead atoms. The van der Waals surface area contributed by atoms with Crippen LogP contribution in [-0.4, -0.2) is 83.4 Å². The normalized spacial score (nSPS) is 19.9. The van der Waals surface area contributed by atoms with Gasteiger partial charge in [-0.1, -0.05) is 19.3 Å². The Labute approximate surface area is 178 Å². The summed E-state index contributed by atoms with van der Waals surface area (Å²) in [6.45, 7) is 2.80. The summed E-state index contributed by atoms with van der Waals surface area (Å²) in [5.74, 6) is -0.157. The van der Waals surface area contributed by atoms with Gasteiger partial charge in [0.1, 0.15) is 16.3 Å². The van der Waals surface area contributed by atoms with Gasteiger partial charge in [0.05, 0.1) is 0 Å². The molecule has 12 heteroatoms. The van der Waals surface area contributed by atoms with Gasteiger partial charge in [-0.3, -0.25) is 9.69 Å². The van der Waals surface area contributed by atoms with Gasteiger partial charge >= 0.3 is 0 Å². The average molecular weight is 462 g/mol. The van der Waals surface area contributed by atoms with Crippen LogP contribution in [0.4, 0.5) is 0 Å². The molecule has 1 saturated carbocycles. The van der Waals surface area contributed by atoms with Crippen LogP contribution in [0.15, 0.2) is 22.2 Å². The van der Waals surface area contributed by atoms with E-state index in [1.807, 2.05) is 0 Å². The van der Waals surface area contributed by atoms with Gasteiger partial charge in [0.15, 0.2) is 0 Å². The van der Waals surface area contributed by atoms with Crippen LogP contribution in [0.2, 0.25) is 0 Å². The van der Waals surface area contributed by atoms with E-state index in [9.17, 15) is 21.6 Å². The molecule has 1 aromatic heterocycles. The Bertz CT molecular complexity index is 908. The second-order valence-electron chi connectivity index (χ2n) is 7.78. The third-order valence-corrected chi connectivity index (χ3v) is 9.01. The highest BCUT2D eigenvalue weighted by Crippen LogP contribution is 2.24. The van der Waals surface area contributed by atoms with Gasteiger partial charge in [-0.05, 0) is 26.9 Å². The largest absolute Gasteiger partial charge is 0.342 e. The van der Waals surface area contributed by atoms with E-state index in [1.54, 1.807) is 4.90 Å². The number of nitrogens with one attached hydrogen (secondary N) is 2. The number of aromatic nitrogens is 1. The molecule has 10 nitrogen and oxygen atoms in total. The molecule has 1 amide bonds. The minimum Gasteiger partial charge on any atom is -0.342 e. The van der Waals surface area contributed by atoms with E-state index in [-0.39, 0.29) is 22.2 Å². The maximum atomic E-state index is 12.8. The van der Waals surface area contributed by atoms with Crippen molar-refractivity contribution in [1.82, 2.24) is 23.8 Å². The summed E-state index contributed by atoms with van der Waals surface area (Å²) in [4.78, 5) is 16.2. The molecular weight excluding hydrogens is 430 g/mol. The van der Waals surface area contributed by atoms with Crippen molar-refractivity contribution in [3.63, 3.8) is 0 Å². The maximum absolute atomic E-state index is 12.8. The van der Waals surface area contributed by atoms with Crippen molar-refractivity contribution in [2.24, 2.45) is 0 Å². The molecule has 3 rings (SSSR count). The van der Waals surface area contributed by atoms with Crippen molar-refractivity contribution in [2.75, 3.05) is 40.3 Å². The molecule has 1 aromatic rings. The summed E-state index contributed by atoms with van der Waals surface area (Å²) in [6, 6.07) is 0.615. The number of nitrogens with zero attached hydrogens (tertiary/aromatic N) is 3. The predicted molar refractivity (Wildman–Crippen MR) is 112 cm³/mol. The van der Waals surface area contributed by atoms with Gasteiger partial charge < -0.3 is 9.47 Å². The maximum Gasteiger partial charge on any atom is 0.243 e. The SMILES string of the molecule is CNS(=O)(=O)c1cn(CC(=O)N2CCN(C3CCCCC3)CC2)cc1S(=O)(=O)NC. The highest BCUT2D eigenvalue weighted by Gasteiger charge is 2.30. The van der Waals surface area contributed by atoms with Crippen LogP contribution in [0.25, 0.3) is 0 Å². The minimum absolute atomic E-state index is 0.116. The summed E-state index contributed by atoms with van der Waals surface area (Å²) >= 11 is 0. The zero-order chi connectivity index (χ0) is 21.9. The first-order valence-corrected chi connectivity index (χ1v) is 13.2. The number of hydrogen-bond donors (Lipinski definition) is 2. The summed E-state index contributed by atoms with van der Waals surface area (Å²) < 4.78 is 54.6. The minimum atomic E-state index is -4.00. The smallest absolute Gasteiger partial charge is 0.243 e. The highest BCUT2D eigenvalue weighted by molar-refractivity contribution is 7.92. The third-order valence-electron chi connectivity index (χ3n) is 6.00. The number of carbonyl (C=O) groups is 1. The van der Waals surface area contributed by atoms with Gasteiger partial charge in [-0.2, -0.15) is 0 Å². The van der Waals surface area contributed by atoms with Crippen LogP contribution in [0.1, 0.15) is 32.1 Å². The van der Waals surface area contributed by atoms with E-state index in [2.05, 4.69) is 14.3 Å². The zero-order valence-corrected chi connectivity index (χ0v) is 19.1. The Kier molecular flexibility index (Phi) is 7.23. The van der Waals surface area contributed by atoms with Gasteiger partial charge in [0.2, 0.25) is 26.0 Å². The molecule has 0 radical (unpaired) electrons. The topological polar surface area (TPSA) is 121 Å². The summed E-state index contributed by atoms with van der Waals surface area (Å²) in [7, 11) is -5.59. The van der Waals surface area contributed by atoms with E-state index in [4.69, 9.17) is 0 Å². The van der Waals surface area contributed by atoms with E-state index >= 15 is 0 Å². The Morgan fingerprint density at radius 3 is 1.87 bits per heavy atom. The zero-order valence-electron chi connectivity index (χ0n) is 17.5. The fourth-order valence-corrected chi connectivity index (χ4v) is 6.50. The predicted octanol–water partition coefficient (Wildman–Crippen LogP) is -0.219. The standard InChI is InChI=1S/C18H31N5O5S2/c1-19-29(25,26)16-12-21(13-17(16)30(27,28)20-2)14-18(24)23-10-8-22(9-11-23)15-6-4-3-5-7-15/h12-13,15,19-20H,3-11,14H2,1-2H3. The van der Waals surface area contributed by atoms with Gasteiger partial charge in [0.25, 0.3) is 0 Å². The summed E-state index contributed by atoms with van der Waals surface area (Å²) in [6.07, 6.45) is 8.67. The highest BCUT2D eigenvalue weighted by atomic mass is 32.2. The van der Waals surface area contributed by atoms with Crippen LogP contribution in [0.3, 0.4) is 0 Å². The molecule has 2 N–H and O–H groups in total. The van der Waals surface area contributed by atoms with Crippen molar-refractivity contribution in [3.8, 4) is 0 Å². The van der Waals surface area contributed by atoms with Crippen molar-refractivity contribution in [3.05, 3.63) is 12.4 Å². The Balaban J connectivity index is 1.69. The molecule has 1 aliphatic carbocycles. The van der Waals surface area contributed by atoms with Crippen LogP contribution >= 0.6 is 0 Å². The number of hydrogen-bond acceptors (Lipinski definition) is 6. The number of piperazine rings is 1. The first kappa shape index (κ1) is 23.2. The molecule has 1 aliphatic heterocycles. The Morgan fingerprint density at radius 1 is 0.900 bits per heavy atom. The fraction of sp³-hybridized carbons (Fsp3) is 0.722. The molecule has 0 aromatic carbocycles. The first-order chi connectivity index (χ1) is 14.2. The Hall–Kier alpha value is -1.47.